The van der Waals surface area contributed by atoms with E-state index in [9.17, 15) is 0 Å². The molecule has 0 bridgehead atoms. The summed E-state index contributed by atoms with van der Waals surface area (Å²) >= 11 is 0. The van der Waals surface area contributed by atoms with E-state index in [1.54, 1.807) is 0 Å². The molecular formula is C13H17Si. The van der Waals surface area contributed by atoms with Gasteiger partial charge in [-0.3, -0.25) is 0 Å². The fourth-order valence-electron chi connectivity index (χ4n) is 1.52. The lowest BCUT2D eigenvalue weighted by molar-refractivity contribution is 1.30. The maximum Gasteiger partial charge on any atom is 0.0604 e. The molecular weight excluding hydrogens is 184 g/mol. The second kappa shape index (κ2) is 6.38. The molecule has 0 atom stereocenters. The van der Waals surface area contributed by atoms with Gasteiger partial charge in [-0.2, -0.15) is 0 Å². The van der Waals surface area contributed by atoms with E-state index in [1.807, 2.05) is 12.2 Å². The van der Waals surface area contributed by atoms with Crippen LogP contribution in [0.4, 0.5) is 0 Å². The summed E-state index contributed by atoms with van der Waals surface area (Å²) in [7, 11) is -0.335. The second-order valence-electron chi connectivity index (χ2n) is 3.40. The van der Waals surface area contributed by atoms with Crippen molar-refractivity contribution in [3.63, 3.8) is 0 Å². The minimum Gasteiger partial charge on any atom is -0.103 e. The second-order valence-corrected chi connectivity index (χ2v) is 6.07. The first-order valence-corrected chi connectivity index (χ1v) is 7.08. The van der Waals surface area contributed by atoms with Crippen LogP contribution in [-0.4, -0.2) is 8.80 Å². The minimum absolute atomic E-state index is 0.335. The van der Waals surface area contributed by atoms with Crippen LogP contribution in [0, 0.1) is 0 Å². The Hall–Kier alpha value is -1.08. The van der Waals surface area contributed by atoms with E-state index in [-0.39, 0.29) is 8.80 Å². The molecule has 0 fully saturated rings. The topological polar surface area (TPSA) is 0 Å². The van der Waals surface area contributed by atoms with Crippen molar-refractivity contribution < 1.29 is 0 Å². The molecule has 1 rings (SSSR count). The molecule has 0 amide bonds. The van der Waals surface area contributed by atoms with Crippen LogP contribution in [0.2, 0.25) is 12.1 Å². The lowest BCUT2D eigenvalue weighted by Crippen LogP contribution is -2.14. The third kappa shape index (κ3) is 3.75. The van der Waals surface area contributed by atoms with E-state index in [4.69, 9.17) is 0 Å². The van der Waals surface area contributed by atoms with Gasteiger partial charge < -0.3 is 0 Å². The van der Waals surface area contributed by atoms with Crippen molar-refractivity contribution in [2.24, 2.45) is 0 Å². The Balaban J connectivity index is 2.54. The van der Waals surface area contributed by atoms with E-state index in [1.165, 1.54) is 23.7 Å². The Morgan fingerprint density at radius 3 is 2.07 bits per heavy atom. The van der Waals surface area contributed by atoms with Crippen molar-refractivity contribution in [3.8, 4) is 0 Å². The third-order valence-corrected chi connectivity index (χ3v) is 4.80. The zero-order valence-corrected chi connectivity index (χ0v) is 9.58. The summed E-state index contributed by atoms with van der Waals surface area (Å²) in [6.45, 7) is 7.63. The van der Waals surface area contributed by atoms with Gasteiger partial charge in [0.25, 0.3) is 0 Å². The Labute approximate surface area is 88.6 Å². The van der Waals surface area contributed by atoms with Gasteiger partial charge in [-0.15, -0.1) is 13.2 Å². The zero-order chi connectivity index (χ0) is 10.2. The van der Waals surface area contributed by atoms with Crippen LogP contribution >= 0.6 is 0 Å². The van der Waals surface area contributed by atoms with Crippen molar-refractivity contribution in [1.82, 2.24) is 0 Å². The molecule has 0 aliphatic carbocycles. The van der Waals surface area contributed by atoms with Gasteiger partial charge in [-0.1, -0.05) is 48.0 Å². The summed E-state index contributed by atoms with van der Waals surface area (Å²) in [6, 6.07) is 14.3. The number of hydrogen-bond acceptors (Lipinski definition) is 0. The standard InChI is InChI=1S/C13H17Si/c1-3-10-14(11-4-2)12-13-8-6-5-7-9-13/h3-9H,1-2,10-12H2. The van der Waals surface area contributed by atoms with Gasteiger partial charge in [0.1, 0.15) is 0 Å². The van der Waals surface area contributed by atoms with Gasteiger partial charge in [0.2, 0.25) is 0 Å². The van der Waals surface area contributed by atoms with Crippen LogP contribution < -0.4 is 0 Å². The average Bonchev–Trinajstić information content (AvgIpc) is 2.20. The number of benzene rings is 1. The average molecular weight is 201 g/mol. The SMILES string of the molecule is C=CC[Si](CC=C)Cc1ccccc1. The smallest absolute Gasteiger partial charge is 0.0604 e. The van der Waals surface area contributed by atoms with Crippen molar-refractivity contribution in [1.29, 1.82) is 0 Å². The van der Waals surface area contributed by atoms with Crippen molar-refractivity contribution in [2.45, 2.75) is 18.1 Å². The predicted molar refractivity (Wildman–Crippen MR) is 65.9 cm³/mol. The largest absolute Gasteiger partial charge is 0.103 e. The Bertz CT molecular complexity index is 267. The first kappa shape index (κ1) is 11.0. The molecule has 0 aliphatic rings. The quantitative estimate of drug-likeness (QED) is 0.487. The lowest BCUT2D eigenvalue weighted by atomic mass is 10.2. The molecule has 0 saturated heterocycles. The van der Waals surface area contributed by atoms with Gasteiger partial charge in [0, 0.05) is 0 Å². The highest BCUT2D eigenvalue weighted by molar-refractivity contribution is 6.59. The first-order chi connectivity index (χ1) is 6.86. The fraction of sp³-hybridized carbons (Fsp3) is 0.231. The van der Waals surface area contributed by atoms with Gasteiger partial charge in [0.05, 0.1) is 8.80 Å². The van der Waals surface area contributed by atoms with Crippen molar-refractivity contribution in [3.05, 3.63) is 61.2 Å². The molecule has 14 heavy (non-hydrogen) atoms. The maximum absolute atomic E-state index is 3.82. The summed E-state index contributed by atoms with van der Waals surface area (Å²) < 4.78 is 0. The minimum atomic E-state index is -0.335. The van der Waals surface area contributed by atoms with E-state index < -0.39 is 0 Å². The van der Waals surface area contributed by atoms with Crippen LogP contribution in [0.3, 0.4) is 0 Å². The van der Waals surface area contributed by atoms with E-state index >= 15 is 0 Å². The fourth-order valence-corrected chi connectivity index (χ4v) is 3.61. The molecule has 0 nitrogen and oxygen atoms in total. The van der Waals surface area contributed by atoms with Crippen molar-refractivity contribution >= 4 is 8.80 Å². The normalized spacial score (nSPS) is 10.1. The lowest BCUT2D eigenvalue weighted by Gasteiger charge is -2.10. The van der Waals surface area contributed by atoms with Crippen LogP contribution in [0.1, 0.15) is 5.56 Å². The molecule has 1 heteroatoms. The maximum atomic E-state index is 3.82. The van der Waals surface area contributed by atoms with E-state index in [0.717, 1.165) is 0 Å². The predicted octanol–water partition coefficient (Wildman–Crippen LogP) is 3.64. The number of rotatable bonds is 6. The van der Waals surface area contributed by atoms with Crippen molar-refractivity contribution in [2.75, 3.05) is 0 Å². The summed E-state index contributed by atoms with van der Waals surface area (Å²) in [4.78, 5) is 0. The molecule has 0 aromatic heterocycles. The van der Waals surface area contributed by atoms with Gasteiger partial charge in [0.15, 0.2) is 0 Å². The molecule has 1 radical (unpaired) electrons. The number of hydrogen-bond donors (Lipinski definition) is 0. The Kier molecular flexibility index (Phi) is 5.01. The third-order valence-electron chi connectivity index (χ3n) is 2.16. The number of allylic oxidation sites excluding steroid dienone is 2. The van der Waals surface area contributed by atoms with Crippen LogP contribution in [0.5, 0.6) is 0 Å². The molecule has 73 valence electrons. The molecule has 0 aliphatic heterocycles. The Morgan fingerprint density at radius 1 is 1.00 bits per heavy atom. The summed E-state index contributed by atoms with van der Waals surface area (Å²) in [5.41, 5.74) is 1.45. The van der Waals surface area contributed by atoms with Crippen LogP contribution in [0.25, 0.3) is 0 Å². The van der Waals surface area contributed by atoms with Gasteiger partial charge >= 0.3 is 0 Å². The van der Waals surface area contributed by atoms with E-state index in [2.05, 4.69) is 43.5 Å². The van der Waals surface area contributed by atoms with Crippen LogP contribution in [-0.2, 0) is 6.04 Å². The summed E-state index contributed by atoms with van der Waals surface area (Å²) in [5, 5.41) is 0. The van der Waals surface area contributed by atoms with E-state index in [0.29, 0.717) is 0 Å². The van der Waals surface area contributed by atoms with Gasteiger partial charge in [-0.05, 0) is 18.1 Å². The highest BCUT2D eigenvalue weighted by Gasteiger charge is 2.07. The molecule has 1 aromatic carbocycles. The highest BCUT2D eigenvalue weighted by Crippen LogP contribution is 2.09. The molecule has 1 aromatic rings. The summed E-state index contributed by atoms with van der Waals surface area (Å²) in [5.74, 6) is 0. The molecule has 0 spiro atoms. The first-order valence-electron chi connectivity index (χ1n) is 4.96. The molecule has 0 heterocycles. The monoisotopic (exact) mass is 201 g/mol. The van der Waals surface area contributed by atoms with Crippen LogP contribution in [0.15, 0.2) is 55.6 Å². The molecule has 0 unspecified atom stereocenters. The summed E-state index contributed by atoms with van der Waals surface area (Å²) in [6.07, 6.45) is 4.08. The molecule has 0 N–H and O–H groups in total. The highest BCUT2D eigenvalue weighted by atomic mass is 28.3. The molecule has 0 saturated carbocycles. The zero-order valence-electron chi connectivity index (χ0n) is 8.58. The Morgan fingerprint density at radius 2 is 1.57 bits per heavy atom. The van der Waals surface area contributed by atoms with Gasteiger partial charge in [-0.25, -0.2) is 0 Å².